The minimum absolute atomic E-state index is 0.00658. The van der Waals surface area contributed by atoms with Gasteiger partial charge in [0.15, 0.2) is 9.84 Å². The van der Waals surface area contributed by atoms with Crippen LogP contribution in [0.5, 0.6) is 0 Å². The SMILES string of the molecule is Cc1cccc(CS(=O)(=O)c2cn(CC(=O)N3CCc4ccccc4C3)c3ccccc23)c1. The second-order valence-electron chi connectivity index (χ2n) is 8.72. The Kier molecular flexibility index (Phi) is 5.54. The van der Waals surface area contributed by atoms with Crippen molar-refractivity contribution in [2.45, 2.75) is 37.1 Å². The number of hydrogen-bond acceptors (Lipinski definition) is 3. The van der Waals surface area contributed by atoms with Crippen LogP contribution in [0.15, 0.2) is 83.9 Å². The van der Waals surface area contributed by atoms with Crippen LogP contribution >= 0.6 is 0 Å². The number of hydrogen-bond donors (Lipinski definition) is 0. The highest BCUT2D eigenvalue weighted by atomic mass is 32.2. The number of benzene rings is 3. The van der Waals surface area contributed by atoms with E-state index >= 15 is 0 Å². The minimum Gasteiger partial charge on any atom is -0.337 e. The fourth-order valence-corrected chi connectivity index (χ4v) is 6.21. The van der Waals surface area contributed by atoms with Gasteiger partial charge in [0.25, 0.3) is 0 Å². The summed E-state index contributed by atoms with van der Waals surface area (Å²) in [7, 11) is -3.58. The number of carbonyl (C=O) groups is 1. The number of sulfone groups is 1. The molecule has 168 valence electrons. The van der Waals surface area contributed by atoms with Crippen LogP contribution < -0.4 is 0 Å². The Morgan fingerprint density at radius 2 is 1.70 bits per heavy atom. The third kappa shape index (κ3) is 4.31. The molecule has 0 N–H and O–H groups in total. The van der Waals surface area contributed by atoms with Gasteiger partial charge in [-0.2, -0.15) is 0 Å². The van der Waals surface area contributed by atoms with Crippen molar-refractivity contribution in [2.24, 2.45) is 0 Å². The molecule has 0 bridgehead atoms. The molecule has 1 amide bonds. The van der Waals surface area contributed by atoms with Gasteiger partial charge in [0.1, 0.15) is 6.54 Å². The number of aromatic nitrogens is 1. The summed E-state index contributed by atoms with van der Waals surface area (Å²) in [5.41, 5.74) is 5.01. The van der Waals surface area contributed by atoms with E-state index in [4.69, 9.17) is 0 Å². The van der Waals surface area contributed by atoms with E-state index in [9.17, 15) is 13.2 Å². The predicted molar refractivity (Wildman–Crippen MR) is 130 cm³/mol. The number of nitrogens with zero attached hydrogens (tertiary/aromatic N) is 2. The van der Waals surface area contributed by atoms with Gasteiger partial charge in [0, 0.05) is 30.2 Å². The van der Waals surface area contributed by atoms with E-state index in [1.54, 1.807) is 10.8 Å². The van der Waals surface area contributed by atoms with Gasteiger partial charge in [-0.3, -0.25) is 4.79 Å². The number of fused-ring (bicyclic) bond motifs is 2. The highest BCUT2D eigenvalue weighted by molar-refractivity contribution is 7.90. The summed E-state index contributed by atoms with van der Waals surface area (Å²) >= 11 is 0. The second-order valence-corrected chi connectivity index (χ2v) is 10.7. The van der Waals surface area contributed by atoms with Gasteiger partial charge in [0.2, 0.25) is 5.91 Å². The van der Waals surface area contributed by atoms with Crippen LogP contribution in [-0.2, 0) is 39.9 Å². The Balaban J connectivity index is 1.44. The van der Waals surface area contributed by atoms with Gasteiger partial charge >= 0.3 is 0 Å². The molecule has 1 aliphatic rings. The highest BCUT2D eigenvalue weighted by Gasteiger charge is 2.25. The molecule has 4 aromatic rings. The van der Waals surface area contributed by atoms with E-state index in [1.165, 1.54) is 11.1 Å². The third-order valence-corrected chi connectivity index (χ3v) is 8.02. The summed E-state index contributed by atoms with van der Waals surface area (Å²) in [6, 6.07) is 23.2. The van der Waals surface area contributed by atoms with Crippen LogP contribution in [0.25, 0.3) is 10.9 Å². The van der Waals surface area contributed by atoms with Gasteiger partial charge in [0.05, 0.1) is 10.6 Å². The first-order valence-corrected chi connectivity index (χ1v) is 12.8. The smallest absolute Gasteiger partial charge is 0.242 e. The maximum Gasteiger partial charge on any atom is 0.242 e. The van der Waals surface area contributed by atoms with E-state index in [-0.39, 0.29) is 23.1 Å². The van der Waals surface area contributed by atoms with Crippen molar-refractivity contribution >= 4 is 26.6 Å². The first-order chi connectivity index (χ1) is 15.9. The first kappa shape index (κ1) is 21.5. The molecule has 0 unspecified atom stereocenters. The molecule has 0 saturated carbocycles. The van der Waals surface area contributed by atoms with Crippen molar-refractivity contribution in [3.05, 3.63) is 101 Å². The quantitative estimate of drug-likeness (QED) is 0.442. The fourth-order valence-electron chi connectivity index (χ4n) is 4.65. The lowest BCUT2D eigenvalue weighted by atomic mass is 10.00. The average molecular weight is 459 g/mol. The van der Waals surface area contributed by atoms with Gasteiger partial charge in [-0.05, 0) is 36.1 Å². The molecule has 33 heavy (non-hydrogen) atoms. The van der Waals surface area contributed by atoms with E-state index in [1.807, 2.05) is 72.5 Å². The van der Waals surface area contributed by atoms with Crippen molar-refractivity contribution in [3.8, 4) is 0 Å². The number of amides is 1. The first-order valence-electron chi connectivity index (χ1n) is 11.1. The molecule has 1 aromatic heterocycles. The zero-order valence-electron chi connectivity index (χ0n) is 18.6. The maximum atomic E-state index is 13.4. The molecule has 0 fully saturated rings. The lowest BCUT2D eigenvalue weighted by Crippen LogP contribution is -2.37. The Bertz CT molecular complexity index is 1450. The Hall–Kier alpha value is -3.38. The molecule has 0 aliphatic carbocycles. The van der Waals surface area contributed by atoms with Crippen molar-refractivity contribution in [2.75, 3.05) is 6.54 Å². The molecule has 0 radical (unpaired) electrons. The summed E-state index contributed by atoms with van der Waals surface area (Å²) in [6.07, 6.45) is 2.47. The highest BCUT2D eigenvalue weighted by Crippen LogP contribution is 2.29. The van der Waals surface area contributed by atoms with E-state index < -0.39 is 9.84 Å². The summed E-state index contributed by atoms with van der Waals surface area (Å²) in [5, 5.41) is 0.655. The van der Waals surface area contributed by atoms with Crippen LogP contribution in [0, 0.1) is 6.92 Å². The average Bonchev–Trinajstić information content (AvgIpc) is 3.18. The lowest BCUT2D eigenvalue weighted by Gasteiger charge is -2.29. The summed E-state index contributed by atoms with van der Waals surface area (Å²) in [6.45, 7) is 3.33. The predicted octanol–water partition coefficient (Wildman–Crippen LogP) is 4.51. The van der Waals surface area contributed by atoms with Crippen molar-refractivity contribution < 1.29 is 13.2 Å². The molecule has 5 nitrogen and oxygen atoms in total. The molecule has 2 heterocycles. The van der Waals surface area contributed by atoms with E-state index in [0.29, 0.717) is 18.5 Å². The van der Waals surface area contributed by atoms with Crippen LogP contribution in [0.3, 0.4) is 0 Å². The number of aryl methyl sites for hydroxylation is 1. The molecule has 0 atom stereocenters. The molecule has 5 rings (SSSR count). The molecule has 0 spiro atoms. The molecule has 0 saturated heterocycles. The molecule has 3 aromatic carbocycles. The second kappa shape index (κ2) is 8.52. The standard InChI is InChI=1S/C27H26N2O3S/c1-20-7-6-8-21(15-20)19-33(31,32)26-17-29(25-12-5-4-11-24(25)26)18-27(30)28-14-13-22-9-2-3-10-23(22)16-28/h2-12,15,17H,13-14,16,18-19H2,1H3. The van der Waals surface area contributed by atoms with Crippen LogP contribution in [-0.4, -0.2) is 30.3 Å². The Labute approximate surface area is 194 Å². The van der Waals surface area contributed by atoms with Crippen LogP contribution in [0.4, 0.5) is 0 Å². The van der Waals surface area contributed by atoms with Crippen molar-refractivity contribution in [1.29, 1.82) is 0 Å². The number of carbonyl (C=O) groups excluding carboxylic acids is 1. The topological polar surface area (TPSA) is 59.4 Å². The van der Waals surface area contributed by atoms with Crippen LogP contribution in [0.1, 0.15) is 22.3 Å². The van der Waals surface area contributed by atoms with Gasteiger partial charge < -0.3 is 9.47 Å². The van der Waals surface area contributed by atoms with E-state index in [0.717, 1.165) is 23.1 Å². The normalized spacial score (nSPS) is 13.8. The van der Waals surface area contributed by atoms with Gasteiger partial charge in [-0.15, -0.1) is 0 Å². The number of para-hydroxylation sites is 1. The fraction of sp³-hybridized carbons (Fsp3) is 0.222. The van der Waals surface area contributed by atoms with Gasteiger partial charge in [-0.1, -0.05) is 72.3 Å². The summed E-state index contributed by atoms with van der Waals surface area (Å²) < 4.78 is 28.5. The van der Waals surface area contributed by atoms with Crippen molar-refractivity contribution in [3.63, 3.8) is 0 Å². The molecule has 1 aliphatic heterocycles. The summed E-state index contributed by atoms with van der Waals surface area (Å²) in [5.74, 6) is -0.0765. The Morgan fingerprint density at radius 3 is 2.52 bits per heavy atom. The minimum atomic E-state index is -3.58. The molecule has 6 heteroatoms. The van der Waals surface area contributed by atoms with Crippen LogP contribution in [0.2, 0.25) is 0 Å². The van der Waals surface area contributed by atoms with Gasteiger partial charge in [-0.25, -0.2) is 8.42 Å². The maximum absolute atomic E-state index is 13.4. The monoisotopic (exact) mass is 458 g/mol. The summed E-state index contributed by atoms with van der Waals surface area (Å²) in [4.78, 5) is 15.3. The van der Waals surface area contributed by atoms with Crippen molar-refractivity contribution in [1.82, 2.24) is 9.47 Å². The van der Waals surface area contributed by atoms with E-state index in [2.05, 4.69) is 12.1 Å². The third-order valence-electron chi connectivity index (χ3n) is 6.32. The molecular formula is C27H26N2O3S. The lowest BCUT2D eigenvalue weighted by molar-refractivity contribution is -0.132. The zero-order chi connectivity index (χ0) is 23.0. The number of rotatable bonds is 5. The zero-order valence-corrected chi connectivity index (χ0v) is 19.4. The molecular weight excluding hydrogens is 432 g/mol. The largest absolute Gasteiger partial charge is 0.337 e. The Morgan fingerprint density at radius 1 is 0.939 bits per heavy atom.